The van der Waals surface area contributed by atoms with Gasteiger partial charge in [-0.1, -0.05) is 5.21 Å². The highest BCUT2D eigenvalue weighted by Gasteiger charge is 2.16. The summed E-state index contributed by atoms with van der Waals surface area (Å²) >= 11 is 0. The summed E-state index contributed by atoms with van der Waals surface area (Å²) in [5.74, 6) is 0. The smallest absolute Gasteiger partial charge is 0.141 e. The molecule has 0 saturated heterocycles. The van der Waals surface area contributed by atoms with E-state index in [9.17, 15) is 5.11 Å². The van der Waals surface area contributed by atoms with Crippen molar-refractivity contribution in [2.24, 2.45) is 14.1 Å². The number of hydrogen-bond acceptors (Lipinski definition) is 4. The van der Waals surface area contributed by atoms with Crippen LogP contribution in [-0.2, 0) is 14.1 Å². The highest BCUT2D eigenvalue weighted by atomic mass is 16.3. The molecule has 0 aliphatic carbocycles. The molecule has 0 aliphatic rings. The summed E-state index contributed by atoms with van der Waals surface area (Å²) in [6.45, 7) is 0. The molecule has 1 N–H and O–H groups in total. The second-order valence-electron chi connectivity index (χ2n) is 3.15. The highest BCUT2D eigenvalue weighted by Crippen LogP contribution is 2.17. The van der Waals surface area contributed by atoms with Crippen LogP contribution in [0.1, 0.15) is 17.5 Å². The van der Waals surface area contributed by atoms with Gasteiger partial charge in [0.05, 0.1) is 23.9 Å². The molecule has 2 rings (SSSR count). The Bertz CT molecular complexity index is 432. The second-order valence-corrected chi connectivity index (χ2v) is 3.15. The van der Waals surface area contributed by atoms with E-state index in [2.05, 4.69) is 15.3 Å². The van der Waals surface area contributed by atoms with Gasteiger partial charge in [0.25, 0.3) is 0 Å². The van der Waals surface area contributed by atoms with Gasteiger partial charge in [-0.25, -0.2) is 9.67 Å². The quantitative estimate of drug-likeness (QED) is 0.706. The molecular formula is C8H11N5O. The number of aromatic nitrogens is 5. The van der Waals surface area contributed by atoms with E-state index in [1.165, 1.54) is 10.9 Å². The van der Waals surface area contributed by atoms with Gasteiger partial charge in [-0.05, 0) is 0 Å². The maximum absolute atomic E-state index is 9.90. The van der Waals surface area contributed by atoms with Crippen molar-refractivity contribution in [3.05, 3.63) is 30.1 Å². The fourth-order valence-electron chi connectivity index (χ4n) is 1.27. The molecule has 2 aromatic heterocycles. The molecule has 14 heavy (non-hydrogen) atoms. The fraction of sp³-hybridized carbons (Fsp3) is 0.375. The van der Waals surface area contributed by atoms with E-state index in [0.29, 0.717) is 11.4 Å². The Morgan fingerprint density at radius 1 is 1.43 bits per heavy atom. The molecule has 0 spiro atoms. The zero-order chi connectivity index (χ0) is 10.1. The zero-order valence-electron chi connectivity index (χ0n) is 7.99. The molecular weight excluding hydrogens is 182 g/mol. The molecule has 6 nitrogen and oxygen atoms in total. The van der Waals surface area contributed by atoms with Gasteiger partial charge >= 0.3 is 0 Å². The van der Waals surface area contributed by atoms with Crippen molar-refractivity contribution in [3.8, 4) is 0 Å². The predicted octanol–water partition coefficient (Wildman–Crippen LogP) is -0.370. The van der Waals surface area contributed by atoms with Gasteiger partial charge in [0.1, 0.15) is 6.10 Å². The molecule has 0 fully saturated rings. The number of nitrogens with zero attached hydrogens (tertiary/aromatic N) is 5. The third kappa shape index (κ3) is 1.39. The average Bonchev–Trinajstić information content (AvgIpc) is 2.73. The summed E-state index contributed by atoms with van der Waals surface area (Å²) in [5, 5.41) is 17.3. The summed E-state index contributed by atoms with van der Waals surface area (Å²) in [4.78, 5) is 4.06. The lowest BCUT2D eigenvalue weighted by Gasteiger charge is -2.06. The average molecular weight is 193 g/mol. The Kier molecular flexibility index (Phi) is 2.05. The maximum Gasteiger partial charge on any atom is 0.141 e. The molecule has 1 unspecified atom stereocenters. The summed E-state index contributed by atoms with van der Waals surface area (Å²) in [6, 6.07) is 0. The van der Waals surface area contributed by atoms with Gasteiger partial charge in [0, 0.05) is 20.3 Å². The van der Waals surface area contributed by atoms with Crippen LogP contribution in [0, 0.1) is 0 Å². The maximum atomic E-state index is 9.90. The van der Waals surface area contributed by atoms with E-state index in [0.717, 1.165) is 0 Å². The Balaban J connectivity index is 2.33. The van der Waals surface area contributed by atoms with Crippen molar-refractivity contribution in [2.75, 3.05) is 0 Å². The Labute approximate surface area is 80.8 Å². The molecule has 0 bridgehead atoms. The molecule has 0 amide bonds. The van der Waals surface area contributed by atoms with E-state index in [4.69, 9.17) is 0 Å². The number of aliphatic hydroxyl groups excluding tert-OH is 1. The van der Waals surface area contributed by atoms with Crippen molar-refractivity contribution >= 4 is 0 Å². The van der Waals surface area contributed by atoms with E-state index in [1.807, 2.05) is 7.05 Å². The molecule has 74 valence electrons. The minimum Gasteiger partial charge on any atom is -0.380 e. The van der Waals surface area contributed by atoms with Crippen LogP contribution < -0.4 is 0 Å². The topological polar surface area (TPSA) is 68.8 Å². The van der Waals surface area contributed by atoms with Gasteiger partial charge < -0.3 is 9.67 Å². The van der Waals surface area contributed by atoms with Crippen LogP contribution in [0.15, 0.2) is 18.7 Å². The van der Waals surface area contributed by atoms with Crippen LogP contribution in [-0.4, -0.2) is 29.7 Å². The molecule has 0 aromatic carbocycles. The lowest BCUT2D eigenvalue weighted by molar-refractivity contribution is 0.205. The number of imidazole rings is 1. The first-order valence-corrected chi connectivity index (χ1v) is 4.19. The predicted molar refractivity (Wildman–Crippen MR) is 48.3 cm³/mol. The molecule has 2 aromatic rings. The normalized spacial score (nSPS) is 13.1. The minimum absolute atomic E-state index is 0.595. The summed E-state index contributed by atoms with van der Waals surface area (Å²) in [5.41, 5.74) is 1.22. The summed E-state index contributed by atoms with van der Waals surface area (Å²) in [7, 11) is 3.58. The second kappa shape index (κ2) is 3.22. The van der Waals surface area contributed by atoms with Crippen LogP contribution in [0.3, 0.4) is 0 Å². The number of hydrogen-bond donors (Lipinski definition) is 1. The van der Waals surface area contributed by atoms with Gasteiger partial charge in [-0.2, -0.15) is 0 Å². The van der Waals surface area contributed by atoms with Gasteiger partial charge in [-0.15, -0.1) is 5.10 Å². The Morgan fingerprint density at radius 3 is 2.71 bits per heavy atom. The van der Waals surface area contributed by atoms with Crippen LogP contribution in [0.25, 0.3) is 0 Å². The third-order valence-corrected chi connectivity index (χ3v) is 2.03. The van der Waals surface area contributed by atoms with Crippen molar-refractivity contribution in [1.29, 1.82) is 0 Å². The number of rotatable bonds is 2. The van der Waals surface area contributed by atoms with Gasteiger partial charge in [0.15, 0.2) is 0 Å². The first kappa shape index (κ1) is 8.89. The number of aryl methyl sites for hydroxylation is 2. The first-order chi connectivity index (χ1) is 6.68. The zero-order valence-corrected chi connectivity index (χ0v) is 7.99. The van der Waals surface area contributed by atoms with E-state index < -0.39 is 6.10 Å². The Morgan fingerprint density at radius 2 is 2.21 bits per heavy atom. The molecule has 2 heterocycles. The lowest BCUT2D eigenvalue weighted by Crippen LogP contribution is -2.06. The van der Waals surface area contributed by atoms with Crippen molar-refractivity contribution in [2.45, 2.75) is 6.10 Å². The molecule has 0 radical (unpaired) electrons. The van der Waals surface area contributed by atoms with Crippen LogP contribution in [0.2, 0.25) is 0 Å². The molecule has 0 aliphatic heterocycles. The minimum atomic E-state index is -0.767. The monoisotopic (exact) mass is 193 g/mol. The number of aliphatic hydroxyl groups is 1. The first-order valence-electron chi connectivity index (χ1n) is 4.19. The SMILES string of the molecule is Cn1cnc(C(O)c2cnnn2C)c1. The van der Waals surface area contributed by atoms with Crippen molar-refractivity contribution in [1.82, 2.24) is 24.5 Å². The van der Waals surface area contributed by atoms with Crippen LogP contribution in [0.4, 0.5) is 0 Å². The van der Waals surface area contributed by atoms with Crippen LogP contribution >= 0.6 is 0 Å². The third-order valence-electron chi connectivity index (χ3n) is 2.03. The van der Waals surface area contributed by atoms with Gasteiger partial charge in [0.2, 0.25) is 0 Å². The summed E-state index contributed by atoms with van der Waals surface area (Å²) < 4.78 is 3.31. The Hall–Kier alpha value is -1.69. The molecule has 1 atom stereocenters. The largest absolute Gasteiger partial charge is 0.380 e. The molecule has 6 heteroatoms. The van der Waals surface area contributed by atoms with Crippen LogP contribution in [0.5, 0.6) is 0 Å². The van der Waals surface area contributed by atoms with Crippen molar-refractivity contribution in [3.63, 3.8) is 0 Å². The standard InChI is InChI=1S/C8H11N5O/c1-12-4-6(9-5-12)8(14)7-3-10-11-13(7)2/h3-5,8,14H,1-2H3. The lowest BCUT2D eigenvalue weighted by atomic mass is 10.2. The van der Waals surface area contributed by atoms with E-state index in [-0.39, 0.29) is 0 Å². The van der Waals surface area contributed by atoms with E-state index in [1.54, 1.807) is 24.1 Å². The van der Waals surface area contributed by atoms with E-state index >= 15 is 0 Å². The fourth-order valence-corrected chi connectivity index (χ4v) is 1.27. The van der Waals surface area contributed by atoms with Gasteiger partial charge in [-0.3, -0.25) is 0 Å². The molecule has 0 saturated carbocycles. The van der Waals surface area contributed by atoms with Crippen molar-refractivity contribution < 1.29 is 5.11 Å². The summed E-state index contributed by atoms with van der Waals surface area (Å²) in [6.07, 6.45) is 4.16. The highest BCUT2D eigenvalue weighted by molar-refractivity contribution is 5.14.